The Morgan fingerprint density at radius 3 is 2.77 bits per heavy atom. The van der Waals surface area contributed by atoms with Crippen LogP contribution in [0, 0.1) is 18.6 Å². The van der Waals surface area contributed by atoms with Crippen molar-refractivity contribution in [3.8, 4) is 10.8 Å². The summed E-state index contributed by atoms with van der Waals surface area (Å²) >= 11 is 1.07. The summed E-state index contributed by atoms with van der Waals surface area (Å²) in [6, 6.07) is 9.96. The fraction of sp³-hybridized carbons (Fsp3) is 0.111. The van der Waals surface area contributed by atoms with Crippen LogP contribution in [0.3, 0.4) is 0 Å². The van der Waals surface area contributed by atoms with Gasteiger partial charge in [-0.2, -0.15) is 0 Å². The van der Waals surface area contributed by atoms with Gasteiger partial charge in [-0.1, -0.05) is 29.5 Å². The van der Waals surface area contributed by atoms with Gasteiger partial charge in [0.1, 0.15) is 17.4 Å². The van der Waals surface area contributed by atoms with E-state index < -0.39 is 17.7 Å². The number of halogens is 2. The Morgan fingerprint density at radius 1 is 1.23 bits per heavy atom. The van der Waals surface area contributed by atoms with Crippen LogP contribution in [0.4, 0.5) is 24.4 Å². The predicted octanol–water partition coefficient (Wildman–Crippen LogP) is 5.19. The van der Waals surface area contributed by atoms with Gasteiger partial charge in [-0.15, -0.1) is 0 Å². The van der Waals surface area contributed by atoms with Crippen LogP contribution in [0.15, 0.2) is 48.7 Å². The van der Waals surface area contributed by atoms with Crippen molar-refractivity contribution in [3.05, 3.63) is 65.9 Å². The molecule has 0 spiro atoms. The molecule has 2 amide bonds. The van der Waals surface area contributed by atoms with Crippen LogP contribution in [0.5, 0.6) is 10.8 Å². The second kappa shape index (κ2) is 7.49. The van der Waals surface area contributed by atoms with Crippen molar-refractivity contribution in [1.29, 1.82) is 0 Å². The molecule has 0 radical (unpaired) electrons. The molecule has 134 valence electrons. The lowest BCUT2D eigenvalue weighted by Crippen LogP contribution is -2.31. The van der Waals surface area contributed by atoms with Gasteiger partial charge in [-0.05, 0) is 30.7 Å². The highest BCUT2D eigenvalue weighted by Crippen LogP contribution is 2.31. The molecule has 0 fully saturated rings. The number of benzene rings is 2. The van der Waals surface area contributed by atoms with Crippen LogP contribution in [-0.2, 0) is 0 Å². The second-order valence-electron chi connectivity index (χ2n) is 5.44. The van der Waals surface area contributed by atoms with E-state index >= 15 is 0 Å². The molecule has 0 aliphatic heterocycles. The first-order valence-electron chi connectivity index (χ1n) is 7.63. The van der Waals surface area contributed by atoms with Crippen molar-refractivity contribution in [2.24, 2.45) is 0 Å². The minimum absolute atomic E-state index is 0.162. The molecule has 1 heterocycles. The minimum Gasteiger partial charge on any atom is -0.445 e. The first-order chi connectivity index (χ1) is 12.4. The highest BCUT2D eigenvalue weighted by molar-refractivity contribution is 7.17. The van der Waals surface area contributed by atoms with Gasteiger partial charge in [0.05, 0.1) is 11.9 Å². The number of nitrogens with one attached hydrogen (secondary N) is 1. The van der Waals surface area contributed by atoms with Crippen LogP contribution in [0.2, 0.25) is 0 Å². The third-order valence-electron chi connectivity index (χ3n) is 3.55. The molecule has 8 heteroatoms. The summed E-state index contributed by atoms with van der Waals surface area (Å²) in [6.07, 6.45) is 1.42. The SMILES string of the molecule is Cc1cccc(N(C)C(=O)Nc2ncc(Oc3cccc(F)c3)s2)c1F. The number of amides is 2. The van der Waals surface area contributed by atoms with Gasteiger partial charge in [0.15, 0.2) is 5.13 Å². The zero-order chi connectivity index (χ0) is 18.7. The van der Waals surface area contributed by atoms with Gasteiger partial charge in [-0.25, -0.2) is 18.6 Å². The van der Waals surface area contributed by atoms with Crippen molar-refractivity contribution >= 4 is 28.2 Å². The number of hydrogen-bond donors (Lipinski definition) is 1. The minimum atomic E-state index is -0.541. The van der Waals surface area contributed by atoms with Crippen LogP contribution in [0.1, 0.15) is 5.56 Å². The van der Waals surface area contributed by atoms with E-state index in [4.69, 9.17) is 4.74 Å². The van der Waals surface area contributed by atoms with E-state index in [1.807, 2.05) is 0 Å². The molecular formula is C18H15F2N3O2S. The molecule has 0 bridgehead atoms. The first-order valence-corrected chi connectivity index (χ1v) is 8.45. The Labute approximate surface area is 152 Å². The average molecular weight is 375 g/mol. The normalized spacial score (nSPS) is 10.5. The number of carbonyl (C=O) groups excluding carboxylic acids is 1. The Bertz CT molecular complexity index is 946. The number of anilines is 2. The molecule has 1 N–H and O–H groups in total. The summed E-state index contributed by atoms with van der Waals surface area (Å²) in [7, 11) is 1.46. The summed E-state index contributed by atoms with van der Waals surface area (Å²) in [4.78, 5) is 17.5. The van der Waals surface area contributed by atoms with E-state index in [0.29, 0.717) is 16.4 Å². The highest BCUT2D eigenvalue weighted by atomic mass is 32.1. The quantitative estimate of drug-likeness (QED) is 0.683. The Morgan fingerprint density at radius 2 is 2.00 bits per heavy atom. The van der Waals surface area contributed by atoms with Crippen LogP contribution < -0.4 is 15.0 Å². The van der Waals surface area contributed by atoms with E-state index in [-0.39, 0.29) is 10.8 Å². The van der Waals surface area contributed by atoms with E-state index in [1.54, 1.807) is 25.1 Å². The molecule has 3 aromatic rings. The topological polar surface area (TPSA) is 54.5 Å². The maximum absolute atomic E-state index is 14.1. The van der Waals surface area contributed by atoms with Crippen molar-refractivity contribution in [3.63, 3.8) is 0 Å². The summed E-state index contributed by atoms with van der Waals surface area (Å²) in [5, 5.41) is 3.24. The molecule has 0 atom stereocenters. The third kappa shape index (κ3) is 3.97. The zero-order valence-electron chi connectivity index (χ0n) is 14.0. The molecule has 0 saturated heterocycles. The monoisotopic (exact) mass is 375 g/mol. The molecule has 1 aromatic heterocycles. The molecule has 0 aliphatic rings. The first kappa shape index (κ1) is 17.8. The lowest BCUT2D eigenvalue weighted by molar-refractivity contribution is 0.258. The van der Waals surface area contributed by atoms with Crippen molar-refractivity contribution < 1.29 is 18.3 Å². The van der Waals surface area contributed by atoms with E-state index in [9.17, 15) is 13.6 Å². The molecule has 2 aromatic carbocycles. The lowest BCUT2D eigenvalue weighted by atomic mass is 10.2. The number of ether oxygens (including phenoxy) is 1. The molecule has 0 aliphatic carbocycles. The fourth-order valence-corrected chi connectivity index (χ4v) is 2.86. The summed E-state index contributed by atoms with van der Waals surface area (Å²) in [5.41, 5.74) is 0.609. The Kier molecular flexibility index (Phi) is 5.13. The van der Waals surface area contributed by atoms with Gasteiger partial charge in [-0.3, -0.25) is 10.2 Å². The summed E-state index contributed by atoms with van der Waals surface area (Å²) in [5.74, 6) is -0.549. The number of hydrogen-bond acceptors (Lipinski definition) is 4. The number of urea groups is 1. The highest BCUT2D eigenvalue weighted by Gasteiger charge is 2.17. The fourth-order valence-electron chi connectivity index (χ4n) is 2.19. The maximum atomic E-state index is 14.1. The zero-order valence-corrected chi connectivity index (χ0v) is 14.8. The Hall–Kier alpha value is -3.00. The van der Waals surface area contributed by atoms with E-state index in [2.05, 4.69) is 10.3 Å². The van der Waals surface area contributed by atoms with E-state index in [1.165, 1.54) is 37.5 Å². The number of nitrogens with zero attached hydrogens (tertiary/aromatic N) is 2. The van der Waals surface area contributed by atoms with Crippen molar-refractivity contribution in [2.45, 2.75) is 6.92 Å². The molecule has 0 saturated carbocycles. The van der Waals surface area contributed by atoms with Gasteiger partial charge in [0, 0.05) is 13.1 Å². The predicted molar refractivity (Wildman–Crippen MR) is 97.1 cm³/mol. The van der Waals surface area contributed by atoms with Gasteiger partial charge >= 0.3 is 6.03 Å². The van der Waals surface area contributed by atoms with Crippen molar-refractivity contribution in [2.75, 3.05) is 17.3 Å². The lowest BCUT2D eigenvalue weighted by Gasteiger charge is -2.18. The van der Waals surface area contributed by atoms with Crippen molar-refractivity contribution in [1.82, 2.24) is 4.98 Å². The van der Waals surface area contributed by atoms with Gasteiger partial charge in [0.25, 0.3) is 0 Å². The average Bonchev–Trinajstić information content (AvgIpc) is 3.03. The number of carbonyl (C=O) groups is 1. The molecule has 3 rings (SSSR count). The smallest absolute Gasteiger partial charge is 0.327 e. The van der Waals surface area contributed by atoms with E-state index in [0.717, 1.165) is 16.2 Å². The van der Waals surface area contributed by atoms with Crippen LogP contribution in [0.25, 0.3) is 0 Å². The molecule has 0 unspecified atom stereocenters. The number of aromatic nitrogens is 1. The summed E-state index contributed by atoms with van der Waals surface area (Å²) in [6.45, 7) is 1.63. The number of rotatable bonds is 4. The largest absolute Gasteiger partial charge is 0.445 e. The number of thiazole rings is 1. The molecule has 26 heavy (non-hydrogen) atoms. The maximum Gasteiger partial charge on any atom is 0.327 e. The van der Waals surface area contributed by atoms with Gasteiger partial charge in [0.2, 0.25) is 5.06 Å². The Balaban J connectivity index is 1.68. The third-order valence-corrected chi connectivity index (χ3v) is 4.34. The standard InChI is InChI=1S/C18H15F2N3O2S/c1-11-5-3-8-14(16(11)20)23(2)18(24)22-17-21-10-15(26-17)25-13-7-4-6-12(19)9-13/h3-10H,1-2H3,(H,21,22,24). The summed E-state index contributed by atoms with van der Waals surface area (Å²) < 4.78 is 32.8. The van der Waals surface area contributed by atoms with Crippen LogP contribution in [-0.4, -0.2) is 18.1 Å². The van der Waals surface area contributed by atoms with Crippen LogP contribution >= 0.6 is 11.3 Å². The molecule has 5 nitrogen and oxygen atoms in total. The van der Waals surface area contributed by atoms with Gasteiger partial charge < -0.3 is 4.74 Å². The molecular weight excluding hydrogens is 360 g/mol. The number of aryl methyl sites for hydroxylation is 1. The second-order valence-corrected chi connectivity index (χ2v) is 6.43.